The van der Waals surface area contributed by atoms with Crippen LogP contribution in [0.5, 0.6) is 0 Å². The van der Waals surface area contributed by atoms with Crippen LogP contribution >= 0.6 is 0 Å². The minimum atomic E-state index is -2.31. The van der Waals surface area contributed by atoms with Crippen molar-refractivity contribution in [3.63, 3.8) is 0 Å². The summed E-state index contributed by atoms with van der Waals surface area (Å²) in [6.07, 6.45) is 1.69. The summed E-state index contributed by atoms with van der Waals surface area (Å²) >= 11 is 0. The van der Waals surface area contributed by atoms with E-state index in [1.165, 1.54) is 18.5 Å². The number of nitrogens with one attached hydrogen (secondary N) is 2. The Morgan fingerprint density at radius 1 is 1.15 bits per heavy atom. The number of carbonyl (C=O) groups excluding carboxylic acids is 2. The van der Waals surface area contributed by atoms with Gasteiger partial charge in [-0.1, -0.05) is 30.3 Å². The van der Waals surface area contributed by atoms with Crippen molar-refractivity contribution in [1.82, 2.24) is 10.2 Å². The monoisotopic (exact) mass is 466 g/mol. The molecule has 2 atom stereocenters. The first-order valence-electron chi connectivity index (χ1n) is 10.9. The number of aliphatic hydroxyl groups is 1. The van der Waals surface area contributed by atoms with Crippen molar-refractivity contribution in [3.8, 4) is 0 Å². The number of halogens is 2. The third kappa shape index (κ3) is 5.20. The Hall–Kier alpha value is -3.85. The number of aliphatic hydroxyl groups excluding tert-OH is 1. The van der Waals surface area contributed by atoms with Gasteiger partial charge in [-0.2, -0.15) is 0 Å². The van der Waals surface area contributed by atoms with Crippen LogP contribution in [0.3, 0.4) is 0 Å². The number of para-hydroxylation sites is 1. The van der Waals surface area contributed by atoms with E-state index in [0.717, 1.165) is 0 Å². The SMILES string of the molecule is O=C1NCCN(C(=O)c2ccc(C3=CC(C(O)F)C(F)=C3)cc2)CCN=CNc2ccccc21. The molecule has 3 N–H and O–H groups in total. The molecule has 0 aromatic heterocycles. The average Bonchev–Trinajstić information content (AvgIpc) is 3.23. The summed E-state index contributed by atoms with van der Waals surface area (Å²) in [5.74, 6) is -2.55. The van der Waals surface area contributed by atoms with Gasteiger partial charge in [0.2, 0.25) is 6.36 Å². The van der Waals surface area contributed by atoms with Gasteiger partial charge in [-0.05, 0) is 41.5 Å². The zero-order valence-corrected chi connectivity index (χ0v) is 18.2. The molecule has 34 heavy (non-hydrogen) atoms. The molecule has 0 saturated heterocycles. The maximum Gasteiger partial charge on any atom is 0.253 e. The van der Waals surface area contributed by atoms with E-state index in [9.17, 15) is 18.4 Å². The first-order chi connectivity index (χ1) is 16.4. The summed E-state index contributed by atoms with van der Waals surface area (Å²) in [6.45, 7) is 1.29. The van der Waals surface area contributed by atoms with Gasteiger partial charge in [0, 0.05) is 25.2 Å². The topological polar surface area (TPSA) is 94.0 Å². The van der Waals surface area contributed by atoms with Crippen LogP contribution in [0.1, 0.15) is 26.3 Å². The number of amides is 2. The van der Waals surface area contributed by atoms with Crippen LogP contribution < -0.4 is 10.6 Å². The summed E-state index contributed by atoms with van der Waals surface area (Å²) in [5, 5.41) is 14.9. The second kappa shape index (κ2) is 10.4. The van der Waals surface area contributed by atoms with Crippen LogP contribution in [0.25, 0.3) is 5.57 Å². The number of benzene rings is 2. The van der Waals surface area contributed by atoms with Gasteiger partial charge in [0.15, 0.2) is 0 Å². The standard InChI is InChI=1S/C25H24F2N4O3/c26-21-14-18(13-20(21)23(27)32)16-5-7-17(8-6-16)25(34)31-11-9-28-15-30-22-4-2-1-3-19(22)24(33)29-10-12-31/h1-8,13-15,20,23,32H,9-12H2,(H,28,30)(H,29,33). The van der Waals surface area contributed by atoms with Gasteiger partial charge < -0.3 is 20.6 Å². The largest absolute Gasteiger partial charge is 0.363 e. The molecular weight excluding hydrogens is 442 g/mol. The van der Waals surface area contributed by atoms with Crippen LogP contribution in [0.2, 0.25) is 0 Å². The van der Waals surface area contributed by atoms with Gasteiger partial charge in [-0.15, -0.1) is 0 Å². The predicted molar refractivity (Wildman–Crippen MR) is 126 cm³/mol. The van der Waals surface area contributed by atoms with Crippen LogP contribution in [0, 0.1) is 5.92 Å². The number of fused-ring (bicyclic) bond motifs is 1. The van der Waals surface area contributed by atoms with E-state index >= 15 is 0 Å². The molecular formula is C25H24F2N4O3. The third-order valence-corrected chi connectivity index (χ3v) is 5.67. The molecule has 0 bridgehead atoms. The first-order valence-corrected chi connectivity index (χ1v) is 10.9. The summed E-state index contributed by atoms with van der Waals surface area (Å²) in [4.78, 5) is 31.5. The van der Waals surface area contributed by atoms with Gasteiger partial charge in [0.1, 0.15) is 5.83 Å². The Morgan fingerprint density at radius 3 is 2.65 bits per heavy atom. The minimum absolute atomic E-state index is 0.236. The molecule has 0 radical (unpaired) electrons. The highest BCUT2D eigenvalue weighted by Gasteiger charge is 2.27. The lowest BCUT2D eigenvalue weighted by atomic mass is 10.0. The second-order valence-electron chi connectivity index (χ2n) is 7.90. The highest BCUT2D eigenvalue weighted by molar-refractivity contribution is 6.01. The highest BCUT2D eigenvalue weighted by Crippen LogP contribution is 2.33. The summed E-state index contributed by atoms with van der Waals surface area (Å²) in [5.41, 5.74) is 2.59. The fourth-order valence-electron chi connectivity index (χ4n) is 3.82. The van der Waals surface area contributed by atoms with Gasteiger partial charge in [0.05, 0.1) is 30.1 Å². The van der Waals surface area contributed by atoms with Crippen molar-refractivity contribution >= 4 is 29.4 Å². The van der Waals surface area contributed by atoms with Crippen molar-refractivity contribution in [2.75, 3.05) is 31.5 Å². The maximum absolute atomic E-state index is 13.8. The van der Waals surface area contributed by atoms with Crippen molar-refractivity contribution in [2.45, 2.75) is 6.36 Å². The van der Waals surface area contributed by atoms with E-state index in [1.54, 1.807) is 47.4 Å². The summed E-state index contributed by atoms with van der Waals surface area (Å²) in [6, 6.07) is 13.6. The molecule has 7 nitrogen and oxygen atoms in total. The van der Waals surface area contributed by atoms with Crippen molar-refractivity contribution < 1.29 is 23.5 Å². The predicted octanol–water partition coefficient (Wildman–Crippen LogP) is 3.17. The number of aliphatic imine (C=N–C) groups is 1. The number of rotatable bonds is 3. The number of hydrogen-bond donors (Lipinski definition) is 3. The molecule has 1 aliphatic carbocycles. The zero-order valence-electron chi connectivity index (χ0n) is 18.2. The molecule has 0 saturated carbocycles. The first kappa shape index (κ1) is 23.3. The van der Waals surface area contributed by atoms with Gasteiger partial charge in [0.25, 0.3) is 11.8 Å². The highest BCUT2D eigenvalue weighted by atomic mass is 19.2. The van der Waals surface area contributed by atoms with Gasteiger partial charge >= 0.3 is 0 Å². The molecule has 2 aliphatic rings. The molecule has 2 unspecified atom stereocenters. The van der Waals surface area contributed by atoms with Crippen LogP contribution in [0.4, 0.5) is 14.5 Å². The van der Waals surface area contributed by atoms with Crippen molar-refractivity contribution in [2.24, 2.45) is 10.9 Å². The number of alkyl halides is 1. The lowest BCUT2D eigenvalue weighted by Crippen LogP contribution is -2.40. The fraction of sp³-hybridized carbons (Fsp3) is 0.240. The maximum atomic E-state index is 13.8. The van der Waals surface area contributed by atoms with E-state index in [-0.39, 0.29) is 18.4 Å². The van der Waals surface area contributed by atoms with Gasteiger partial charge in [-0.3, -0.25) is 14.6 Å². The average molecular weight is 466 g/mol. The quantitative estimate of drug-likeness (QED) is 0.648. The van der Waals surface area contributed by atoms with Crippen LogP contribution in [-0.2, 0) is 0 Å². The Bertz CT molecular complexity index is 1160. The van der Waals surface area contributed by atoms with Crippen LogP contribution in [0.15, 0.2) is 71.5 Å². The number of anilines is 1. The number of hydrogen-bond acceptors (Lipinski definition) is 5. The van der Waals surface area contributed by atoms with E-state index in [2.05, 4.69) is 15.6 Å². The lowest BCUT2D eigenvalue weighted by molar-refractivity contribution is 0.0117. The van der Waals surface area contributed by atoms with E-state index in [4.69, 9.17) is 5.11 Å². The van der Waals surface area contributed by atoms with Crippen molar-refractivity contribution in [1.29, 1.82) is 0 Å². The molecule has 2 amide bonds. The molecule has 0 spiro atoms. The zero-order chi connectivity index (χ0) is 24.1. The molecule has 1 aliphatic heterocycles. The fourth-order valence-corrected chi connectivity index (χ4v) is 3.82. The lowest BCUT2D eigenvalue weighted by Gasteiger charge is -2.23. The molecule has 0 fully saturated rings. The molecule has 4 rings (SSSR count). The Labute approximate surface area is 195 Å². The molecule has 176 valence electrons. The summed E-state index contributed by atoms with van der Waals surface area (Å²) in [7, 11) is 0. The number of allylic oxidation sites excluding steroid dienone is 2. The molecule has 1 heterocycles. The number of nitrogens with zero attached hydrogens (tertiary/aromatic N) is 2. The summed E-state index contributed by atoms with van der Waals surface area (Å²) < 4.78 is 26.9. The molecule has 2 aromatic rings. The normalized spacial score (nSPS) is 19.6. The van der Waals surface area contributed by atoms with E-state index in [1.807, 2.05) is 6.07 Å². The number of carbonyl (C=O) groups is 2. The Balaban J connectivity index is 1.46. The second-order valence-corrected chi connectivity index (χ2v) is 7.90. The minimum Gasteiger partial charge on any atom is -0.363 e. The van der Waals surface area contributed by atoms with E-state index < -0.39 is 18.1 Å². The van der Waals surface area contributed by atoms with Crippen molar-refractivity contribution in [3.05, 3.63) is 83.2 Å². The third-order valence-electron chi connectivity index (χ3n) is 5.67. The van der Waals surface area contributed by atoms with E-state index in [0.29, 0.717) is 47.6 Å². The smallest absolute Gasteiger partial charge is 0.253 e. The van der Waals surface area contributed by atoms with Gasteiger partial charge in [-0.25, -0.2) is 8.78 Å². The molecule has 9 heteroatoms. The van der Waals surface area contributed by atoms with Crippen LogP contribution in [-0.4, -0.2) is 60.7 Å². The molecule has 2 aromatic carbocycles. The Morgan fingerprint density at radius 2 is 1.91 bits per heavy atom. The Kier molecular flexibility index (Phi) is 7.12.